The molecule has 0 bridgehead atoms. The first-order valence-corrected chi connectivity index (χ1v) is 11.1. The lowest BCUT2D eigenvalue weighted by Crippen LogP contribution is -2.37. The number of alkyl halides is 2. The Bertz CT molecular complexity index is 1010. The van der Waals surface area contributed by atoms with Crippen LogP contribution in [-0.4, -0.2) is 29.8 Å². The molecule has 2 aromatic rings. The van der Waals surface area contributed by atoms with Crippen LogP contribution in [0.5, 0.6) is 0 Å². The van der Waals surface area contributed by atoms with Gasteiger partial charge in [0.2, 0.25) is 6.41 Å². The molecule has 0 aromatic heterocycles. The van der Waals surface area contributed by atoms with E-state index >= 15 is 0 Å². The lowest BCUT2D eigenvalue weighted by molar-refractivity contribution is -0.141. The molecule has 5 nitrogen and oxygen atoms in total. The molecule has 33 heavy (non-hydrogen) atoms. The highest BCUT2D eigenvalue weighted by Crippen LogP contribution is 2.57. The van der Waals surface area contributed by atoms with Gasteiger partial charge in [-0.15, -0.1) is 0 Å². The molecule has 1 amide bonds. The molecule has 2 aliphatic carbocycles. The largest absolute Gasteiger partial charge is 0.480 e. The van der Waals surface area contributed by atoms with Gasteiger partial charge in [0.25, 0.3) is 5.92 Å². The summed E-state index contributed by atoms with van der Waals surface area (Å²) in [5.41, 5.74) is 2.02. The van der Waals surface area contributed by atoms with Crippen LogP contribution >= 0.6 is 0 Å². The second kappa shape index (κ2) is 10.7. The van der Waals surface area contributed by atoms with Gasteiger partial charge >= 0.3 is 5.97 Å². The van der Waals surface area contributed by atoms with Crippen LogP contribution < -0.4 is 5.32 Å². The molecule has 1 saturated carbocycles. The Hall–Kier alpha value is -3.09. The summed E-state index contributed by atoms with van der Waals surface area (Å²) in [4.78, 5) is 30.7. The SMILES string of the molecule is CC.CC=O.C[C@@]1(CC(NC=O)C(=O)O)CC1Cc1ccc2c(c1)-c1ccccc1C2(F)F. The van der Waals surface area contributed by atoms with E-state index in [2.05, 4.69) is 5.32 Å². The van der Waals surface area contributed by atoms with Crippen LogP contribution in [0.15, 0.2) is 42.5 Å². The third kappa shape index (κ3) is 5.46. The van der Waals surface area contributed by atoms with Crippen LogP contribution in [0, 0.1) is 11.3 Å². The number of benzene rings is 2. The maximum Gasteiger partial charge on any atom is 0.326 e. The molecule has 2 unspecified atom stereocenters. The number of aliphatic carboxylic acids is 1. The Morgan fingerprint density at radius 2 is 1.76 bits per heavy atom. The lowest BCUT2D eigenvalue weighted by Gasteiger charge is -2.17. The summed E-state index contributed by atoms with van der Waals surface area (Å²) < 4.78 is 29.3. The van der Waals surface area contributed by atoms with Gasteiger partial charge in [0.05, 0.1) is 0 Å². The number of carbonyl (C=O) groups excluding carboxylic acids is 2. The van der Waals surface area contributed by atoms with Crippen molar-refractivity contribution in [3.8, 4) is 11.1 Å². The molecular formula is C26H31F2NO4. The molecule has 2 N–H and O–H groups in total. The standard InChI is InChI=1S/C22H21F2NO3.C2H4O.C2H6/c1-21(11-19(20(27)28)25-12-26)10-14(21)8-13-6-7-18-16(9-13)15-4-2-3-5-17(15)22(18,23)24;1-2-3;1-2/h2-7,9,12,14,19H,8,10-11H2,1H3,(H,25,26)(H,27,28);2H,1H3;1-2H3/t14?,19?,21-;;/m0../s1. The monoisotopic (exact) mass is 459 g/mol. The summed E-state index contributed by atoms with van der Waals surface area (Å²) in [6.45, 7) is 7.46. The molecule has 3 atom stereocenters. The van der Waals surface area contributed by atoms with E-state index in [0.717, 1.165) is 18.3 Å². The van der Waals surface area contributed by atoms with Gasteiger partial charge in [-0.3, -0.25) is 4.79 Å². The predicted molar refractivity (Wildman–Crippen MR) is 123 cm³/mol. The Morgan fingerprint density at radius 3 is 2.36 bits per heavy atom. The minimum atomic E-state index is -2.98. The summed E-state index contributed by atoms with van der Waals surface area (Å²) >= 11 is 0. The van der Waals surface area contributed by atoms with E-state index in [1.807, 2.05) is 26.8 Å². The molecule has 0 radical (unpaired) electrons. The number of aldehydes is 1. The zero-order valence-corrected chi connectivity index (χ0v) is 19.4. The van der Waals surface area contributed by atoms with E-state index in [0.29, 0.717) is 30.4 Å². The van der Waals surface area contributed by atoms with Crippen LogP contribution in [0.3, 0.4) is 0 Å². The molecule has 0 heterocycles. The van der Waals surface area contributed by atoms with Crippen molar-refractivity contribution in [3.05, 3.63) is 59.2 Å². The van der Waals surface area contributed by atoms with Crippen molar-refractivity contribution in [1.82, 2.24) is 5.32 Å². The van der Waals surface area contributed by atoms with Gasteiger partial charge in [-0.2, -0.15) is 8.78 Å². The second-order valence-corrected chi connectivity index (χ2v) is 8.37. The zero-order valence-electron chi connectivity index (χ0n) is 19.4. The molecule has 2 aliphatic rings. The number of carboxylic acid groups (broad SMARTS) is 1. The van der Waals surface area contributed by atoms with Crippen LogP contribution in [0.4, 0.5) is 8.78 Å². The van der Waals surface area contributed by atoms with E-state index in [-0.39, 0.29) is 22.5 Å². The van der Waals surface area contributed by atoms with Gasteiger partial charge in [0.1, 0.15) is 12.3 Å². The van der Waals surface area contributed by atoms with E-state index in [4.69, 9.17) is 4.79 Å². The first kappa shape index (κ1) is 26.2. The van der Waals surface area contributed by atoms with Crippen molar-refractivity contribution in [3.63, 3.8) is 0 Å². The predicted octanol–water partition coefficient (Wildman–Crippen LogP) is 5.20. The summed E-state index contributed by atoms with van der Waals surface area (Å²) in [5.74, 6) is -3.76. The smallest absolute Gasteiger partial charge is 0.326 e. The van der Waals surface area contributed by atoms with E-state index in [1.54, 1.807) is 24.3 Å². The maximum atomic E-state index is 14.7. The average molecular weight is 460 g/mol. The van der Waals surface area contributed by atoms with Crippen molar-refractivity contribution in [2.45, 2.75) is 58.9 Å². The fourth-order valence-electron chi connectivity index (χ4n) is 4.47. The third-order valence-corrected chi connectivity index (χ3v) is 6.24. The highest BCUT2D eigenvalue weighted by Gasteiger charge is 2.51. The van der Waals surface area contributed by atoms with Crippen molar-refractivity contribution in [1.29, 1.82) is 0 Å². The molecule has 0 spiro atoms. The molecule has 178 valence electrons. The Balaban J connectivity index is 0.000000714. The minimum absolute atomic E-state index is 0.0390. The van der Waals surface area contributed by atoms with Gasteiger partial charge in [-0.1, -0.05) is 63.2 Å². The van der Waals surface area contributed by atoms with Gasteiger partial charge < -0.3 is 15.2 Å². The van der Waals surface area contributed by atoms with Crippen LogP contribution in [0.2, 0.25) is 0 Å². The van der Waals surface area contributed by atoms with Gasteiger partial charge in [-0.25, -0.2) is 4.79 Å². The number of carboxylic acids is 1. The molecule has 1 fully saturated rings. The number of amides is 1. The number of hydrogen-bond donors (Lipinski definition) is 2. The van der Waals surface area contributed by atoms with Crippen LogP contribution in [0.1, 0.15) is 57.2 Å². The first-order chi connectivity index (χ1) is 15.7. The Labute approximate surface area is 193 Å². The quantitative estimate of drug-likeness (QED) is 0.558. The molecule has 4 rings (SSSR count). The van der Waals surface area contributed by atoms with Gasteiger partial charge in [-0.05, 0) is 54.2 Å². The highest BCUT2D eigenvalue weighted by molar-refractivity contribution is 5.80. The van der Waals surface area contributed by atoms with Crippen molar-refractivity contribution >= 4 is 18.7 Å². The summed E-state index contributed by atoms with van der Waals surface area (Å²) in [5, 5.41) is 11.6. The number of fused-ring (bicyclic) bond motifs is 3. The second-order valence-electron chi connectivity index (χ2n) is 8.37. The first-order valence-electron chi connectivity index (χ1n) is 11.1. The lowest BCUT2D eigenvalue weighted by atomic mass is 9.92. The van der Waals surface area contributed by atoms with E-state index in [1.165, 1.54) is 19.1 Å². The molecule has 0 saturated heterocycles. The average Bonchev–Trinajstić information content (AvgIpc) is 3.36. The van der Waals surface area contributed by atoms with E-state index in [9.17, 15) is 23.5 Å². The minimum Gasteiger partial charge on any atom is -0.480 e. The van der Waals surface area contributed by atoms with Crippen molar-refractivity contribution < 1.29 is 28.3 Å². The topological polar surface area (TPSA) is 83.5 Å². The third-order valence-electron chi connectivity index (χ3n) is 6.24. The fourth-order valence-corrected chi connectivity index (χ4v) is 4.47. The summed E-state index contributed by atoms with van der Waals surface area (Å²) in [6.07, 6.45) is 3.07. The summed E-state index contributed by atoms with van der Waals surface area (Å²) in [6, 6.07) is 10.8. The fraction of sp³-hybridized carbons (Fsp3) is 0.423. The van der Waals surface area contributed by atoms with Gasteiger partial charge in [0, 0.05) is 11.1 Å². The zero-order chi connectivity index (χ0) is 24.8. The number of rotatable bonds is 7. The molecule has 0 aliphatic heterocycles. The van der Waals surface area contributed by atoms with Crippen molar-refractivity contribution in [2.75, 3.05) is 0 Å². The van der Waals surface area contributed by atoms with Crippen LogP contribution in [0.25, 0.3) is 11.1 Å². The molecule has 7 heteroatoms. The number of nitrogens with one attached hydrogen (secondary N) is 1. The van der Waals surface area contributed by atoms with Crippen molar-refractivity contribution in [2.24, 2.45) is 11.3 Å². The van der Waals surface area contributed by atoms with Gasteiger partial charge in [0.15, 0.2) is 0 Å². The number of halogens is 2. The summed E-state index contributed by atoms with van der Waals surface area (Å²) in [7, 11) is 0. The molecular weight excluding hydrogens is 428 g/mol. The highest BCUT2D eigenvalue weighted by atomic mass is 19.3. The number of hydrogen-bond acceptors (Lipinski definition) is 3. The Morgan fingerprint density at radius 1 is 1.15 bits per heavy atom. The maximum absolute atomic E-state index is 14.7. The Kier molecular flexibility index (Phi) is 8.47. The van der Waals surface area contributed by atoms with Crippen LogP contribution in [-0.2, 0) is 26.7 Å². The molecule has 2 aromatic carbocycles. The normalized spacial score (nSPS) is 21.6. The van der Waals surface area contributed by atoms with E-state index < -0.39 is 17.9 Å². The number of carbonyl (C=O) groups is 3.